The number of unbranched alkanes of at least 4 members (excludes halogenated alkanes) is 2. The second-order valence-corrected chi connectivity index (χ2v) is 11.7. The minimum absolute atomic E-state index is 0.161. The third kappa shape index (κ3) is 6.96. The number of carbonyl (C=O) groups is 2. The van der Waals surface area contributed by atoms with Crippen LogP contribution in [0.15, 0.2) is 52.4 Å². The Bertz CT molecular complexity index is 1420. The number of sulfonamides is 1. The molecule has 0 bridgehead atoms. The molecule has 0 unspecified atom stereocenters. The fourth-order valence-corrected chi connectivity index (χ4v) is 6.50. The molecule has 1 amide bonds. The maximum absolute atomic E-state index is 13.2. The zero-order valence-electron chi connectivity index (χ0n) is 22.3. The summed E-state index contributed by atoms with van der Waals surface area (Å²) in [5.41, 5.74) is 1.50. The lowest BCUT2D eigenvalue weighted by molar-refractivity contribution is 0.0600. The van der Waals surface area contributed by atoms with Gasteiger partial charge in [0.05, 0.1) is 34.4 Å². The molecule has 0 saturated heterocycles. The molecule has 0 atom stereocenters. The van der Waals surface area contributed by atoms with Crippen LogP contribution in [-0.4, -0.2) is 63.1 Å². The predicted octanol–water partition coefficient (Wildman–Crippen LogP) is 4.47. The molecule has 11 heteroatoms. The standard InChI is InChI=1S/C27H35N3O6S2/c1-5-7-15-29(16-8-6-2)38(33,34)22-12-9-20(10-13-22)25(31)28-27-30(17-18-35-3)23-14-11-21(26(32)36-4)19-24(23)37-27/h9-14,19H,5-8,15-18H2,1-4H3. The second kappa shape index (κ2) is 13.8. The number of rotatable bonds is 13. The molecule has 0 radical (unpaired) electrons. The maximum atomic E-state index is 13.2. The summed E-state index contributed by atoms with van der Waals surface area (Å²) >= 11 is 1.28. The Balaban J connectivity index is 1.94. The summed E-state index contributed by atoms with van der Waals surface area (Å²) in [6.45, 7) is 5.87. The van der Waals surface area contributed by atoms with E-state index in [0.717, 1.165) is 35.9 Å². The Morgan fingerprint density at radius 1 is 0.974 bits per heavy atom. The molecule has 0 aliphatic heterocycles. The maximum Gasteiger partial charge on any atom is 0.337 e. The number of carbonyl (C=O) groups excluding carboxylic acids is 2. The molecule has 0 spiro atoms. The van der Waals surface area contributed by atoms with E-state index in [2.05, 4.69) is 4.99 Å². The van der Waals surface area contributed by atoms with E-state index in [1.54, 1.807) is 25.3 Å². The van der Waals surface area contributed by atoms with E-state index in [1.165, 1.54) is 47.0 Å². The molecule has 0 aliphatic rings. The summed E-state index contributed by atoms with van der Waals surface area (Å²) < 4.78 is 40.7. The highest BCUT2D eigenvalue weighted by Gasteiger charge is 2.24. The molecule has 1 aromatic heterocycles. The smallest absolute Gasteiger partial charge is 0.337 e. The normalized spacial score (nSPS) is 12.4. The first-order chi connectivity index (χ1) is 18.3. The van der Waals surface area contributed by atoms with Crippen LogP contribution in [0.1, 0.15) is 60.2 Å². The highest BCUT2D eigenvalue weighted by molar-refractivity contribution is 7.89. The van der Waals surface area contributed by atoms with Gasteiger partial charge in [-0.3, -0.25) is 4.79 Å². The number of hydrogen-bond donors (Lipinski definition) is 0. The van der Waals surface area contributed by atoms with Crippen molar-refractivity contribution in [3.63, 3.8) is 0 Å². The van der Waals surface area contributed by atoms with Gasteiger partial charge in [0.2, 0.25) is 10.0 Å². The Labute approximate surface area is 227 Å². The van der Waals surface area contributed by atoms with Crippen LogP contribution in [0.5, 0.6) is 0 Å². The van der Waals surface area contributed by atoms with Gasteiger partial charge in [-0.1, -0.05) is 38.0 Å². The summed E-state index contributed by atoms with van der Waals surface area (Å²) in [6, 6.07) is 11.1. The van der Waals surface area contributed by atoms with E-state index >= 15 is 0 Å². The van der Waals surface area contributed by atoms with Crippen molar-refractivity contribution in [1.29, 1.82) is 0 Å². The minimum atomic E-state index is -3.66. The van der Waals surface area contributed by atoms with Gasteiger partial charge in [0.15, 0.2) is 4.80 Å². The van der Waals surface area contributed by atoms with E-state index in [-0.39, 0.29) is 10.5 Å². The zero-order valence-corrected chi connectivity index (χ0v) is 23.9. The molecule has 1 heterocycles. The average molecular weight is 562 g/mol. The second-order valence-electron chi connectivity index (χ2n) is 8.76. The van der Waals surface area contributed by atoms with E-state index in [4.69, 9.17) is 9.47 Å². The van der Waals surface area contributed by atoms with Gasteiger partial charge in [-0.2, -0.15) is 9.30 Å². The van der Waals surface area contributed by atoms with Crippen molar-refractivity contribution in [3.05, 3.63) is 58.4 Å². The van der Waals surface area contributed by atoms with Crippen molar-refractivity contribution in [2.24, 2.45) is 4.99 Å². The third-order valence-corrected chi connectivity index (χ3v) is 9.04. The number of amides is 1. The molecule has 0 saturated carbocycles. The number of thiazole rings is 1. The number of nitrogens with zero attached hydrogens (tertiary/aromatic N) is 3. The largest absolute Gasteiger partial charge is 0.465 e. The molecular formula is C27H35N3O6S2. The zero-order chi connectivity index (χ0) is 27.7. The first-order valence-corrected chi connectivity index (χ1v) is 14.9. The van der Waals surface area contributed by atoms with Gasteiger partial charge in [-0.25, -0.2) is 13.2 Å². The molecule has 3 aromatic rings. The molecule has 2 aromatic carbocycles. The minimum Gasteiger partial charge on any atom is -0.465 e. The number of esters is 1. The quantitative estimate of drug-likeness (QED) is 0.285. The first-order valence-electron chi connectivity index (χ1n) is 12.7. The number of aromatic nitrogens is 1. The molecule has 206 valence electrons. The lowest BCUT2D eigenvalue weighted by Crippen LogP contribution is -2.33. The number of ether oxygens (including phenoxy) is 2. The van der Waals surface area contributed by atoms with Crippen molar-refractivity contribution in [2.75, 3.05) is 33.9 Å². The first kappa shape index (κ1) is 29.7. The molecule has 9 nitrogen and oxygen atoms in total. The van der Waals surface area contributed by atoms with Crippen LogP contribution in [0.4, 0.5) is 0 Å². The van der Waals surface area contributed by atoms with Crippen molar-refractivity contribution in [3.8, 4) is 0 Å². The molecular weight excluding hydrogens is 526 g/mol. The van der Waals surface area contributed by atoms with Crippen molar-refractivity contribution < 1.29 is 27.5 Å². The molecule has 38 heavy (non-hydrogen) atoms. The number of hydrogen-bond acceptors (Lipinski definition) is 7. The van der Waals surface area contributed by atoms with Crippen LogP contribution >= 0.6 is 11.3 Å². The van der Waals surface area contributed by atoms with E-state index in [1.807, 2.05) is 18.4 Å². The van der Waals surface area contributed by atoms with Crippen LogP contribution in [0.3, 0.4) is 0 Å². The van der Waals surface area contributed by atoms with Gasteiger partial charge in [-0.05, 0) is 55.3 Å². The highest BCUT2D eigenvalue weighted by atomic mass is 32.2. The average Bonchev–Trinajstić information content (AvgIpc) is 3.27. The van der Waals surface area contributed by atoms with Crippen LogP contribution in [0, 0.1) is 0 Å². The van der Waals surface area contributed by atoms with Gasteiger partial charge in [0.1, 0.15) is 0 Å². The summed E-state index contributed by atoms with van der Waals surface area (Å²) in [5.74, 6) is -0.940. The van der Waals surface area contributed by atoms with Gasteiger partial charge in [0, 0.05) is 32.3 Å². The molecule has 0 N–H and O–H groups in total. The number of benzene rings is 2. The molecule has 0 aliphatic carbocycles. The highest BCUT2D eigenvalue weighted by Crippen LogP contribution is 2.21. The van der Waals surface area contributed by atoms with Crippen LogP contribution in [0.2, 0.25) is 0 Å². The lowest BCUT2D eigenvalue weighted by atomic mass is 10.2. The van der Waals surface area contributed by atoms with Crippen LogP contribution in [0.25, 0.3) is 10.2 Å². The molecule has 0 fully saturated rings. The Kier molecular flexibility index (Phi) is 10.8. The topological polar surface area (TPSA) is 107 Å². The van der Waals surface area contributed by atoms with Crippen molar-refractivity contribution >= 4 is 43.5 Å². The van der Waals surface area contributed by atoms with Crippen molar-refractivity contribution in [2.45, 2.75) is 51.0 Å². The monoisotopic (exact) mass is 561 g/mol. The number of methoxy groups -OCH3 is 2. The van der Waals surface area contributed by atoms with Crippen molar-refractivity contribution in [1.82, 2.24) is 8.87 Å². The summed E-state index contributed by atoms with van der Waals surface area (Å²) in [7, 11) is -0.743. The summed E-state index contributed by atoms with van der Waals surface area (Å²) in [5, 5.41) is 0. The Hall–Kier alpha value is -2.86. The van der Waals surface area contributed by atoms with Crippen LogP contribution in [-0.2, 0) is 26.0 Å². The fraction of sp³-hybridized carbons (Fsp3) is 0.444. The Morgan fingerprint density at radius 2 is 1.61 bits per heavy atom. The van der Waals surface area contributed by atoms with Crippen LogP contribution < -0.4 is 4.80 Å². The van der Waals surface area contributed by atoms with Gasteiger partial charge >= 0.3 is 5.97 Å². The summed E-state index contributed by atoms with van der Waals surface area (Å²) in [4.78, 5) is 30.0. The summed E-state index contributed by atoms with van der Waals surface area (Å²) in [6.07, 6.45) is 3.38. The van der Waals surface area contributed by atoms with E-state index in [9.17, 15) is 18.0 Å². The number of fused-ring (bicyclic) bond motifs is 1. The third-order valence-electron chi connectivity index (χ3n) is 6.08. The Morgan fingerprint density at radius 3 is 2.18 bits per heavy atom. The lowest BCUT2D eigenvalue weighted by Gasteiger charge is -2.22. The van der Waals surface area contributed by atoms with E-state index in [0.29, 0.717) is 36.6 Å². The SMILES string of the molecule is CCCCN(CCCC)S(=O)(=O)c1ccc(C(=O)N=c2sc3cc(C(=O)OC)ccc3n2CCOC)cc1. The fourth-order valence-electron chi connectivity index (χ4n) is 3.89. The molecule has 3 rings (SSSR count). The van der Waals surface area contributed by atoms with Gasteiger partial charge < -0.3 is 14.0 Å². The van der Waals surface area contributed by atoms with E-state index < -0.39 is 21.9 Å². The van der Waals surface area contributed by atoms with Gasteiger partial charge in [-0.15, -0.1) is 0 Å². The van der Waals surface area contributed by atoms with Gasteiger partial charge in [0.25, 0.3) is 5.91 Å². The predicted molar refractivity (Wildman–Crippen MR) is 148 cm³/mol.